The van der Waals surface area contributed by atoms with Gasteiger partial charge < -0.3 is 4.98 Å². The number of fused-ring (bicyclic) bond motifs is 4. The van der Waals surface area contributed by atoms with E-state index >= 15 is 0 Å². The minimum Gasteiger partial charge on any atom is -0.356 e. The van der Waals surface area contributed by atoms with Crippen LogP contribution in [0.25, 0.3) is 10.9 Å². The Morgan fingerprint density at radius 2 is 1.97 bits per heavy atom. The lowest BCUT2D eigenvalue weighted by Crippen LogP contribution is -2.44. The van der Waals surface area contributed by atoms with E-state index in [1.54, 1.807) is 4.90 Å². The molecule has 2 aliphatic heterocycles. The third-order valence-corrected chi connectivity index (χ3v) is 6.27. The maximum absolute atomic E-state index is 13.3. The van der Waals surface area contributed by atoms with E-state index in [9.17, 15) is 9.59 Å². The second kappa shape index (κ2) is 6.92. The van der Waals surface area contributed by atoms with Gasteiger partial charge in [-0.15, -0.1) is 0 Å². The lowest BCUT2D eigenvalue weighted by molar-refractivity contribution is -0.128. The van der Waals surface area contributed by atoms with E-state index in [4.69, 9.17) is 11.6 Å². The van der Waals surface area contributed by atoms with Crippen molar-refractivity contribution in [1.82, 2.24) is 14.8 Å². The predicted octanol–water partition coefficient (Wildman–Crippen LogP) is 4.90. The van der Waals surface area contributed by atoms with Crippen LogP contribution in [0.1, 0.15) is 42.6 Å². The SMILES string of the molecule is CCCCN1C(=O)[C@H]2Cc3c([nH]c4ccccc34)[C@H](c3cccc(Cl)c3)N2C1=O. The standard InChI is InChI=1S/C23H22ClN3O2/c1-2-3-11-26-22(28)19-13-17-16-9-4-5-10-18(16)25-20(17)21(27(19)23(26)29)14-7-6-8-15(24)12-14/h4-10,12,19,21,25H,2-3,11,13H2,1H3/t19-,21+/m1/s1. The number of aromatic nitrogens is 1. The Morgan fingerprint density at radius 3 is 2.76 bits per heavy atom. The Bertz CT molecular complexity index is 1120. The maximum atomic E-state index is 13.3. The van der Waals surface area contributed by atoms with Crippen molar-refractivity contribution in [1.29, 1.82) is 0 Å². The van der Waals surface area contributed by atoms with Crippen molar-refractivity contribution in [2.75, 3.05) is 6.54 Å². The summed E-state index contributed by atoms with van der Waals surface area (Å²) in [4.78, 5) is 33.2. The third-order valence-electron chi connectivity index (χ3n) is 6.03. The Morgan fingerprint density at radius 1 is 1.14 bits per heavy atom. The molecule has 1 N–H and O–H groups in total. The number of unbranched alkanes of at least 4 members (excludes halogenated alkanes) is 1. The highest BCUT2D eigenvalue weighted by molar-refractivity contribution is 6.30. The van der Waals surface area contributed by atoms with Gasteiger partial charge >= 0.3 is 6.03 Å². The van der Waals surface area contributed by atoms with Crippen LogP contribution in [0, 0.1) is 0 Å². The predicted molar refractivity (Wildman–Crippen MR) is 113 cm³/mol. The molecule has 2 aromatic carbocycles. The topological polar surface area (TPSA) is 56.4 Å². The minimum atomic E-state index is -0.477. The Kier molecular flexibility index (Phi) is 4.36. The zero-order valence-corrected chi connectivity index (χ0v) is 16.9. The summed E-state index contributed by atoms with van der Waals surface area (Å²) in [5, 5.41) is 1.73. The molecule has 148 valence electrons. The molecule has 1 fully saturated rings. The van der Waals surface area contributed by atoms with E-state index in [-0.39, 0.29) is 18.0 Å². The van der Waals surface area contributed by atoms with Crippen molar-refractivity contribution in [3.05, 3.63) is 70.4 Å². The summed E-state index contributed by atoms with van der Waals surface area (Å²) in [6.07, 6.45) is 2.28. The number of H-pyrrole nitrogens is 1. The molecule has 3 amide bonds. The largest absolute Gasteiger partial charge is 0.356 e. The molecule has 0 bridgehead atoms. The second-order valence-corrected chi connectivity index (χ2v) is 8.21. The highest BCUT2D eigenvalue weighted by Gasteiger charge is 2.52. The molecule has 5 nitrogen and oxygen atoms in total. The van der Waals surface area contributed by atoms with Crippen LogP contribution >= 0.6 is 11.6 Å². The summed E-state index contributed by atoms with van der Waals surface area (Å²) < 4.78 is 0. The molecule has 2 aliphatic rings. The van der Waals surface area contributed by atoms with Crippen molar-refractivity contribution in [2.45, 2.75) is 38.3 Å². The first-order valence-corrected chi connectivity index (χ1v) is 10.5. The van der Waals surface area contributed by atoms with Gasteiger partial charge in [0, 0.05) is 34.6 Å². The third kappa shape index (κ3) is 2.76. The summed E-state index contributed by atoms with van der Waals surface area (Å²) in [5.41, 5.74) is 4.02. The summed E-state index contributed by atoms with van der Waals surface area (Å²) >= 11 is 6.28. The van der Waals surface area contributed by atoms with Crippen LogP contribution in [0.5, 0.6) is 0 Å². The Balaban J connectivity index is 1.69. The molecule has 0 radical (unpaired) electrons. The van der Waals surface area contributed by atoms with Gasteiger partial charge in [0.1, 0.15) is 12.1 Å². The number of imide groups is 1. The van der Waals surface area contributed by atoms with Crippen molar-refractivity contribution in [2.24, 2.45) is 0 Å². The van der Waals surface area contributed by atoms with E-state index in [1.807, 2.05) is 42.5 Å². The van der Waals surface area contributed by atoms with Crippen LogP contribution in [0.2, 0.25) is 5.02 Å². The monoisotopic (exact) mass is 407 g/mol. The van der Waals surface area contributed by atoms with Crippen LogP contribution in [0.3, 0.4) is 0 Å². The van der Waals surface area contributed by atoms with Gasteiger partial charge in [0.05, 0.1) is 0 Å². The molecule has 0 spiro atoms. The molecule has 6 heteroatoms. The van der Waals surface area contributed by atoms with Gasteiger partial charge in [-0.2, -0.15) is 0 Å². The van der Waals surface area contributed by atoms with Crippen LogP contribution in [-0.4, -0.2) is 39.3 Å². The number of rotatable bonds is 4. The first kappa shape index (κ1) is 18.3. The summed E-state index contributed by atoms with van der Waals surface area (Å²) in [6, 6.07) is 14.6. The highest BCUT2D eigenvalue weighted by atomic mass is 35.5. The number of aromatic amines is 1. The minimum absolute atomic E-state index is 0.0913. The van der Waals surface area contributed by atoms with E-state index in [2.05, 4.69) is 18.0 Å². The second-order valence-electron chi connectivity index (χ2n) is 7.77. The summed E-state index contributed by atoms with van der Waals surface area (Å²) in [5.74, 6) is -0.0913. The Hall–Kier alpha value is -2.79. The zero-order chi connectivity index (χ0) is 20.1. The molecular formula is C23H22ClN3O2. The number of carbonyl (C=O) groups excluding carboxylic acids is 2. The van der Waals surface area contributed by atoms with Crippen LogP contribution < -0.4 is 0 Å². The number of benzene rings is 2. The first-order chi connectivity index (χ1) is 14.1. The van der Waals surface area contributed by atoms with E-state index < -0.39 is 6.04 Å². The molecule has 0 unspecified atom stereocenters. The molecule has 5 rings (SSSR count). The first-order valence-electron chi connectivity index (χ1n) is 10.1. The molecule has 1 saturated heterocycles. The van der Waals surface area contributed by atoms with Crippen molar-refractivity contribution in [3.63, 3.8) is 0 Å². The summed E-state index contributed by atoms with van der Waals surface area (Å²) in [7, 11) is 0. The number of nitrogens with one attached hydrogen (secondary N) is 1. The summed E-state index contributed by atoms with van der Waals surface area (Å²) in [6.45, 7) is 2.53. The van der Waals surface area contributed by atoms with E-state index in [0.29, 0.717) is 18.0 Å². The van der Waals surface area contributed by atoms with E-state index in [0.717, 1.165) is 40.6 Å². The molecule has 29 heavy (non-hydrogen) atoms. The van der Waals surface area contributed by atoms with E-state index in [1.165, 1.54) is 4.90 Å². The smallest absolute Gasteiger partial charge is 0.328 e. The van der Waals surface area contributed by atoms with Crippen molar-refractivity contribution >= 4 is 34.4 Å². The zero-order valence-electron chi connectivity index (χ0n) is 16.2. The van der Waals surface area contributed by atoms with Gasteiger partial charge in [0.2, 0.25) is 0 Å². The van der Waals surface area contributed by atoms with Gasteiger partial charge in [-0.1, -0.05) is 55.3 Å². The molecular weight excluding hydrogens is 386 g/mol. The molecule has 0 saturated carbocycles. The normalized spacial score (nSPS) is 21.0. The number of amides is 3. The van der Waals surface area contributed by atoms with Crippen molar-refractivity contribution in [3.8, 4) is 0 Å². The fraction of sp³-hybridized carbons (Fsp3) is 0.304. The fourth-order valence-corrected chi connectivity index (χ4v) is 4.87. The fourth-order valence-electron chi connectivity index (χ4n) is 4.67. The lowest BCUT2D eigenvalue weighted by atomic mass is 9.89. The number of carbonyl (C=O) groups is 2. The highest BCUT2D eigenvalue weighted by Crippen LogP contribution is 2.44. The van der Waals surface area contributed by atoms with Crippen LogP contribution in [0.4, 0.5) is 4.79 Å². The number of para-hydroxylation sites is 1. The number of hydrogen-bond acceptors (Lipinski definition) is 2. The maximum Gasteiger partial charge on any atom is 0.328 e. The number of urea groups is 1. The van der Waals surface area contributed by atoms with Gasteiger partial charge in [-0.3, -0.25) is 14.6 Å². The number of hydrogen-bond donors (Lipinski definition) is 1. The van der Waals surface area contributed by atoms with Gasteiger partial charge in [0.25, 0.3) is 5.91 Å². The molecule has 1 aromatic heterocycles. The van der Waals surface area contributed by atoms with Crippen LogP contribution in [-0.2, 0) is 11.2 Å². The number of nitrogens with zero attached hydrogens (tertiary/aromatic N) is 2. The quantitative estimate of drug-likeness (QED) is 0.625. The average Bonchev–Trinajstić information content (AvgIpc) is 3.20. The van der Waals surface area contributed by atoms with Gasteiger partial charge in [-0.25, -0.2) is 4.79 Å². The Labute approximate surface area is 174 Å². The van der Waals surface area contributed by atoms with Crippen LogP contribution in [0.15, 0.2) is 48.5 Å². The van der Waals surface area contributed by atoms with Crippen molar-refractivity contribution < 1.29 is 9.59 Å². The average molecular weight is 408 g/mol. The number of halogens is 1. The van der Waals surface area contributed by atoms with Gasteiger partial charge in [-0.05, 0) is 35.7 Å². The molecule has 0 aliphatic carbocycles. The molecule has 3 aromatic rings. The van der Waals surface area contributed by atoms with Gasteiger partial charge in [0.15, 0.2) is 0 Å². The molecule has 2 atom stereocenters. The molecule has 3 heterocycles. The lowest BCUT2D eigenvalue weighted by Gasteiger charge is -2.36.